The van der Waals surface area contributed by atoms with Crippen molar-refractivity contribution >= 4 is 5.69 Å². The SMILES string of the molecule is NC(CN1CCCc2ccccc21)C1CCCCC1. The molecule has 0 saturated heterocycles. The molecular weight excluding hydrogens is 232 g/mol. The highest BCUT2D eigenvalue weighted by Gasteiger charge is 2.24. The molecule has 0 spiro atoms. The fraction of sp³-hybridized carbons (Fsp3) is 0.647. The molecule has 0 aromatic heterocycles. The van der Waals surface area contributed by atoms with E-state index in [1.165, 1.54) is 62.7 Å². The zero-order chi connectivity index (χ0) is 13.1. The summed E-state index contributed by atoms with van der Waals surface area (Å²) in [6.45, 7) is 2.22. The van der Waals surface area contributed by atoms with Gasteiger partial charge < -0.3 is 10.6 Å². The summed E-state index contributed by atoms with van der Waals surface area (Å²) in [5, 5.41) is 0. The van der Waals surface area contributed by atoms with Crippen LogP contribution in [0.1, 0.15) is 44.1 Å². The second-order valence-corrected chi connectivity index (χ2v) is 6.24. The van der Waals surface area contributed by atoms with E-state index in [1.54, 1.807) is 0 Å². The molecule has 1 saturated carbocycles. The van der Waals surface area contributed by atoms with Gasteiger partial charge in [-0.1, -0.05) is 37.5 Å². The van der Waals surface area contributed by atoms with Gasteiger partial charge in [-0.05, 0) is 43.2 Å². The van der Waals surface area contributed by atoms with Crippen LogP contribution in [0.5, 0.6) is 0 Å². The number of hydrogen-bond donors (Lipinski definition) is 1. The first-order chi connectivity index (χ1) is 9.34. The van der Waals surface area contributed by atoms with Crippen molar-refractivity contribution in [1.29, 1.82) is 0 Å². The second-order valence-electron chi connectivity index (χ2n) is 6.24. The van der Waals surface area contributed by atoms with Crippen molar-refractivity contribution in [1.82, 2.24) is 0 Å². The number of rotatable bonds is 3. The predicted molar refractivity (Wildman–Crippen MR) is 81.5 cm³/mol. The first-order valence-electron chi connectivity index (χ1n) is 7.93. The summed E-state index contributed by atoms with van der Waals surface area (Å²) >= 11 is 0. The van der Waals surface area contributed by atoms with Gasteiger partial charge in [0.2, 0.25) is 0 Å². The first-order valence-corrected chi connectivity index (χ1v) is 7.93. The Morgan fingerprint density at radius 1 is 1.11 bits per heavy atom. The molecule has 1 atom stereocenters. The zero-order valence-corrected chi connectivity index (χ0v) is 11.9. The van der Waals surface area contributed by atoms with Crippen LogP contribution < -0.4 is 10.6 Å². The van der Waals surface area contributed by atoms with Gasteiger partial charge in [-0.15, -0.1) is 0 Å². The van der Waals surface area contributed by atoms with Crippen LogP contribution in [-0.2, 0) is 6.42 Å². The molecule has 1 aliphatic heterocycles. The predicted octanol–water partition coefficient (Wildman–Crippen LogP) is 3.35. The summed E-state index contributed by atoms with van der Waals surface area (Å²) in [4.78, 5) is 2.53. The Morgan fingerprint density at radius 2 is 1.89 bits per heavy atom. The molecule has 1 aromatic carbocycles. The van der Waals surface area contributed by atoms with Gasteiger partial charge in [0.25, 0.3) is 0 Å². The largest absolute Gasteiger partial charge is 0.370 e. The van der Waals surface area contributed by atoms with E-state index in [2.05, 4.69) is 29.2 Å². The van der Waals surface area contributed by atoms with Crippen molar-refractivity contribution in [2.24, 2.45) is 11.7 Å². The summed E-state index contributed by atoms with van der Waals surface area (Å²) in [6.07, 6.45) is 9.37. The van der Waals surface area contributed by atoms with Gasteiger partial charge in [0.15, 0.2) is 0 Å². The van der Waals surface area contributed by atoms with Crippen LogP contribution in [0.4, 0.5) is 5.69 Å². The molecule has 19 heavy (non-hydrogen) atoms. The standard InChI is InChI=1S/C17H26N2/c18-16(14-7-2-1-3-8-14)13-19-12-6-10-15-9-4-5-11-17(15)19/h4-5,9,11,14,16H,1-3,6-8,10,12-13,18H2. The number of nitrogens with zero attached hydrogens (tertiary/aromatic N) is 1. The zero-order valence-electron chi connectivity index (χ0n) is 11.9. The maximum Gasteiger partial charge on any atom is 0.0399 e. The van der Waals surface area contributed by atoms with Crippen LogP contribution in [0, 0.1) is 5.92 Å². The molecule has 2 aliphatic rings. The third-order valence-corrected chi connectivity index (χ3v) is 4.89. The molecule has 2 heteroatoms. The maximum atomic E-state index is 6.49. The summed E-state index contributed by atoms with van der Waals surface area (Å²) in [7, 11) is 0. The fourth-order valence-electron chi connectivity index (χ4n) is 3.77. The lowest BCUT2D eigenvalue weighted by molar-refractivity contribution is 0.304. The van der Waals surface area contributed by atoms with E-state index in [9.17, 15) is 0 Å². The highest BCUT2D eigenvalue weighted by molar-refractivity contribution is 5.55. The van der Waals surface area contributed by atoms with Crippen LogP contribution in [0.15, 0.2) is 24.3 Å². The Morgan fingerprint density at radius 3 is 2.74 bits per heavy atom. The lowest BCUT2D eigenvalue weighted by atomic mass is 9.84. The molecule has 2 N–H and O–H groups in total. The number of aryl methyl sites for hydroxylation is 1. The Labute approximate surface area is 117 Å². The van der Waals surface area contributed by atoms with Crippen LogP contribution in [0.3, 0.4) is 0 Å². The number of para-hydroxylation sites is 1. The fourth-order valence-corrected chi connectivity index (χ4v) is 3.77. The third kappa shape index (κ3) is 2.94. The van der Waals surface area contributed by atoms with Crippen LogP contribution >= 0.6 is 0 Å². The summed E-state index contributed by atoms with van der Waals surface area (Å²) in [6, 6.07) is 9.20. The van der Waals surface area contributed by atoms with Crippen LogP contribution in [-0.4, -0.2) is 19.1 Å². The number of fused-ring (bicyclic) bond motifs is 1. The Balaban J connectivity index is 1.66. The van der Waals surface area contributed by atoms with Gasteiger partial charge in [-0.25, -0.2) is 0 Å². The minimum atomic E-state index is 0.353. The Hall–Kier alpha value is -1.02. The van der Waals surface area contributed by atoms with Crippen molar-refractivity contribution in [2.75, 3.05) is 18.0 Å². The van der Waals surface area contributed by atoms with Gasteiger partial charge in [0.1, 0.15) is 0 Å². The maximum absolute atomic E-state index is 6.49. The normalized spacial score (nSPS) is 22.1. The molecule has 1 heterocycles. The van der Waals surface area contributed by atoms with E-state index in [4.69, 9.17) is 5.73 Å². The second kappa shape index (κ2) is 5.96. The molecule has 0 amide bonds. The van der Waals surface area contributed by atoms with Crippen LogP contribution in [0.25, 0.3) is 0 Å². The minimum Gasteiger partial charge on any atom is -0.370 e. The van der Waals surface area contributed by atoms with E-state index >= 15 is 0 Å². The number of anilines is 1. The number of benzene rings is 1. The lowest BCUT2D eigenvalue weighted by Gasteiger charge is -2.36. The first kappa shape index (κ1) is 13.0. The minimum absolute atomic E-state index is 0.353. The van der Waals surface area contributed by atoms with E-state index in [-0.39, 0.29) is 0 Å². The topological polar surface area (TPSA) is 29.3 Å². The van der Waals surface area contributed by atoms with Gasteiger partial charge in [-0.3, -0.25) is 0 Å². The molecule has 0 radical (unpaired) electrons. The monoisotopic (exact) mass is 258 g/mol. The number of hydrogen-bond acceptors (Lipinski definition) is 2. The van der Waals surface area contributed by atoms with Gasteiger partial charge in [0, 0.05) is 24.8 Å². The molecule has 104 valence electrons. The Kier molecular flexibility index (Phi) is 4.07. The average molecular weight is 258 g/mol. The average Bonchev–Trinajstić information content (AvgIpc) is 2.48. The van der Waals surface area contributed by atoms with Gasteiger partial charge >= 0.3 is 0 Å². The van der Waals surface area contributed by atoms with Crippen molar-refractivity contribution in [3.05, 3.63) is 29.8 Å². The molecule has 1 fully saturated rings. The molecule has 2 nitrogen and oxygen atoms in total. The number of nitrogens with two attached hydrogens (primary N) is 1. The van der Waals surface area contributed by atoms with Crippen molar-refractivity contribution in [3.63, 3.8) is 0 Å². The molecule has 1 unspecified atom stereocenters. The van der Waals surface area contributed by atoms with E-state index in [0.717, 1.165) is 12.5 Å². The summed E-state index contributed by atoms with van der Waals surface area (Å²) in [5.74, 6) is 0.753. The van der Waals surface area contributed by atoms with E-state index in [1.807, 2.05) is 0 Å². The summed E-state index contributed by atoms with van der Waals surface area (Å²) < 4.78 is 0. The van der Waals surface area contributed by atoms with Crippen molar-refractivity contribution in [3.8, 4) is 0 Å². The van der Waals surface area contributed by atoms with Crippen molar-refractivity contribution in [2.45, 2.75) is 51.0 Å². The molecule has 1 aromatic rings. The van der Waals surface area contributed by atoms with E-state index in [0.29, 0.717) is 6.04 Å². The molecule has 0 bridgehead atoms. The molecule has 1 aliphatic carbocycles. The van der Waals surface area contributed by atoms with Gasteiger partial charge in [0.05, 0.1) is 0 Å². The van der Waals surface area contributed by atoms with E-state index < -0.39 is 0 Å². The van der Waals surface area contributed by atoms with Gasteiger partial charge in [-0.2, -0.15) is 0 Å². The smallest absolute Gasteiger partial charge is 0.0399 e. The highest BCUT2D eigenvalue weighted by Crippen LogP contribution is 2.30. The molecule has 3 rings (SSSR count). The Bertz CT molecular complexity index is 409. The molecular formula is C17H26N2. The summed E-state index contributed by atoms with van der Waals surface area (Å²) in [5.41, 5.74) is 9.43. The van der Waals surface area contributed by atoms with Crippen molar-refractivity contribution < 1.29 is 0 Å². The highest BCUT2D eigenvalue weighted by atomic mass is 15.1. The van der Waals surface area contributed by atoms with Crippen LogP contribution in [0.2, 0.25) is 0 Å². The lowest BCUT2D eigenvalue weighted by Crippen LogP contribution is -2.44. The quantitative estimate of drug-likeness (QED) is 0.901. The third-order valence-electron chi connectivity index (χ3n) is 4.89.